The molecule has 0 aliphatic heterocycles. The first kappa shape index (κ1) is 30.6. The van der Waals surface area contributed by atoms with Gasteiger partial charge < -0.3 is 31.1 Å². The van der Waals surface area contributed by atoms with E-state index in [1.54, 1.807) is 45.0 Å². The van der Waals surface area contributed by atoms with Gasteiger partial charge >= 0.3 is 6.09 Å². The number of nitrogens with one attached hydrogen (secondary N) is 2. The molecule has 1 aliphatic carbocycles. The van der Waals surface area contributed by atoms with E-state index in [2.05, 4.69) is 16.6 Å². The molecule has 0 bridgehead atoms. The lowest BCUT2D eigenvalue weighted by Crippen LogP contribution is -2.54. The maximum absolute atomic E-state index is 13.9. The Hall–Kier alpha value is -3.58. The first-order valence-corrected chi connectivity index (χ1v) is 13.0. The Balaban J connectivity index is 2.44. The number of benzene rings is 1. The molecule has 2 atom stereocenters. The van der Waals surface area contributed by atoms with Crippen LogP contribution in [0.25, 0.3) is 0 Å². The molecule has 10 nitrogen and oxygen atoms in total. The number of aliphatic hydroxyl groups is 1. The Morgan fingerprint density at radius 3 is 2.32 bits per heavy atom. The van der Waals surface area contributed by atoms with Crippen molar-refractivity contribution in [3.63, 3.8) is 0 Å². The number of nitrogens with two attached hydrogens (primary N) is 1. The summed E-state index contributed by atoms with van der Waals surface area (Å²) in [6.45, 7) is 4.40. The molecule has 1 aliphatic rings. The number of carbonyl (C=O) groups is 4. The number of rotatable bonds is 11. The number of primary amides is 1. The Kier molecular flexibility index (Phi) is 11.6. The average molecular weight is 529 g/mol. The molecular weight excluding hydrogens is 488 g/mol. The van der Waals surface area contributed by atoms with E-state index in [9.17, 15) is 24.3 Å². The predicted molar refractivity (Wildman–Crippen MR) is 143 cm³/mol. The Morgan fingerprint density at radius 1 is 1.16 bits per heavy atom. The van der Waals surface area contributed by atoms with Crippen LogP contribution in [0, 0.1) is 12.3 Å². The van der Waals surface area contributed by atoms with Gasteiger partial charge in [0.25, 0.3) is 0 Å². The van der Waals surface area contributed by atoms with Crippen LogP contribution in [0.2, 0.25) is 0 Å². The van der Waals surface area contributed by atoms with Gasteiger partial charge in [-0.3, -0.25) is 14.4 Å². The van der Waals surface area contributed by atoms with E-state index >= 15 is 0 Å². The van der Waals surface area contributed by atoms with Gasteiger partial charge in [0.05, 0.1) is 6.61 Å². The van der Waals surface area contributed by atoms with Crippen molar-refractivity contribution in [1.29, 1.82) is 0 Å². The molecule has 1 fully saturated rings. The first-order chi connectivity index (χ1) is 17.9. The van der Waals surface area contributed by atoms with Crippen molar-refractivity contribution in [2.24, 2.45) is 5.73 Å². The van der Waals surface area contributed by atoms with E-state index in [4.69, 9.17) is 16.9 Å². The van der Waals surface area contributed by atoms with Gasteiger partial charge in [-0.2, -0.15) is 0 Å². The molecule has 4 amide bonds. The third kappa shape index (κ3) is 9.71. The predicted octanol–water partition coefficient (Wildman–Crippen LogP) is 2.14. The number of alkyl carbamates (subject to hydrolysis) is 1. The van der Waals surface area contributed by atoms with Crippen LogP contribution in [0.5, 0.6) is 0 Å². The molecule has 208 valence electrons. The van der Waals surface area contributed by atoms with E-state index in [0.29, 0.717) is 11.1 Å². The Bertz CT molecular complexity index is 1010. The maximum Gasteiger partial charge on any atom is 0.408 e. The van der Waals surface area contributed by atoms with Gasteiger partial charge in [0.1, 0.15) is 17.7 Å². The number of terminal acetylenes is 1. The summed E-state index contributed by atoms with van der Waals surface area (Å²) in [5.74, 6) is 0.810. The zero-order chi connectivity index (χ0) is 28.3. The van der Waals surface area contributed by atoms with Crippen LogP contribution in [0.15, 0.2) is 24.3 Å². The fourth-order valence-corrected chi connectivity index (χ4v) is 4.43. The van der Waals surface area contributed by atoms with Crippen molar-refractivity contribution >= 4 is 23.8 Å². The molecule has 0 heterocycles. The van der Waals surface area contributed by atoms with E-state index in [0.717, 1.165) is 32.1 Å². The maximum atomic E-state index is 13.9. The Labute approximate surface area is 224 Å². The smallest absolute Gasteiger partial charge is 0.408 e. The zero-order valence-electron chi connectivity index (χ0n) is 22.5. The van der Waals surface area contributed by atoms with Gasteiger partial charge in [-0.1, -0.05) is 37.3 Å². The van der Waals surface area contributed by atoms with Gasteiger partial charge in [0, 0.05) is 24.6 Å². The minimum atomic E-state index is -1.22. The van der Waals surface area contributed by atoms with E-state index in [-0.39, 0.29) is 25.4 Å². The normalized spacial score (nSPS) is 15.4. The lowest BCUT2D eigenvalue weighted by molar-refractivity contribution is -0.143. The summed E-state index contributed by atoms with van der Waals surface area (Å²) in [6, 6.07) is 4.30. The van der Waals surface area contributed by atoms with Crippen molar-refractivity contribution < 1.29 is 29.0 Å². The SMILES string of the molecule is C#Cc1ccc(C(C(=O)NC2CCCCC2)N(CCO)C(=O)C(CCC(N)=O)NC(=O)OC(C)(C)C)cc1. The van der Waals surface area contributed by atoms with Gasteiger partial charge in [0.2, 0.25) is 17.7 Å². The lowest BCUT2D eigenvalue weighted by atomic mass is 9.94. The third-order valence-electron chi connectivity index (χ3n) is 6.20. The number of nitrogens with zero attached hydrogens (tertiary/aromatic N) is 1. The third-order valence-corrected chi connectivity index (χ3v) is 6.20. The van der Waals surface area contributed by atoms with Crippen molar-refractivity contribution in [2.75, 3.05) is 13.2 Å². The van der Waals surface area contributed by atoms with Crippen molar-refractivity contribution in [3.05, 3.63) is 35.4 Å². The monoisotopic (exact) mass is 528 g/mol. The van der Waals surface area contributed by atoms with Crippen LogP contribution >= 0.6 is 0 Å². The summed E-state index contributed by atoms with van der Waals surface area (Å²) in [4.78, 5) is 52.8. The fourth-order valence-electron chi connectivity index (χ4n) is 4.43. The molecular formula is C28H40N4O6. The van der Waals surface area contributed by atoms with Crippen LogP contribution < -0.4 is 16.4 Å². The molecule has 38 heavy (non-hydrogen) atoms. The molecule has 0 saturated heterocycles. The molecule has 10 heteroatoms. The minimum absolute atomic E-state index is 0.0274. The summed E-state index contributed by atoms with van der Waals surface area (Å²) in [5, 5.41) is 15.4. The number of aliphatic hydroxyl groups excluding tert-OH is 1. The Morgan fingerprint density at radius 2 is 1.79 bits per heavy atom. The zero-order valence-corrected chi connectivity index (χ0v) is 22.5. The van der Waals surface area contributed by atoms with Crippen LogP contribution in [-0.4, -0.2) is 64.7 Å². The number of carbonyl (C=O) groups excluding carboxylic acids is 4. The highest BCUT2D eigenvalue weighted by Crippen LogP contribution is 2.25. The number of amides is 4. The molecule has 1 aromatic carbocycles. The molecule has 1 aromatic rings. The van der Waals surface area contributed by atoms with Crippen molar-refractivity contribution in [2.45, 2.75) is 89.4 Å². The van der Waals surface area contributed by atoms with Crippen LogP contribution in [0.1, 0.15) is 82.9 Å². The van der Waals surface area contributed by atoms with Crippen LogP contribution in [0.4, 0.5) is 4.79 Å². The summed E-state index contributed by atoms with van der Waals surface area (Å²) in [6.07, 6.45) is 9.12. The summed E-state index contributed by atoms with van der Waals surface area (Å²) in [5.41, 5.74) is 5.58. The topological polar surface area (TPSA) is 151 Å². The van der Waals surface area contributed by atoms with Gasteiger partial charge in [-0.25, -0.2) is 4.79 Å². The molecule has 0 spiro atoms. The van der Waals surface area contributed by atoms with Gasteiger partial charge in [0.15, 0.2) is 0 Å². The van der Waals surface area contributed by atoms with Gasteiger partial charge in [-0.05, 0) is 57.7 Å². The largest absolute Gasteiger partial charge is 0.444 e. The molecule has 1 saturated carbocycles. The minimum Gasteiger partial charge on any atom is -0.444 e. The quantitative estimate of drug-likeness (QED) is 0.323. The highest BCUT2D eigenvalue weighted by atomic mass is 16.6. The summed E-state index contributed by atoms with van der Waals surface area (Å²) < 4.78 is 5.30. The van der Waals surface area contributed by atoms with E-state index in [1.165, 1.54) is 4.90 Å². The number of hydrogen-bond donors (Lipinski definition) is 4. The second-order valence-corrected chi connectivity index (χ2v) is 10.5. The standard InChI is InChI=1S/C28H40N4O6/c1-5-19-11-13-20(14-12-19)24(25(35)30-21-9-7-6-8-10-21)32(17-18-33)26(36)22(15-16-23(29)34)31-27(37)38-28(2,3)4/h1,11-14,21-22,24,33H,6-10,15-18H2,2-4H3,(H2,29,34)(H,30,35)(H,31,37). The second kappa shape index (κ2) is 14.4. The second-order valence-electron chi connectivity index (χ2n) is 10.5. The fraction of sp³-hybridized carbons (Fsp3) is 0.571. The molecule has 0 radical (unpaired) electrons. The van der Waals surface area contributed by atoms with Crippen LogP contribution in [0.3, 0.4) is 0 Å². The summed E-state index contributed by atoms with van der Waals surface area (Å²) in [7, 11) is 0. The number of ether oxygens (including phenoxy) is 1. The van der Waals surface area contributed by atoms with E-state index in [1.807, 2.05) is 0 Å². The number of hydrogen-bond acceptors (Lipinski definition) is 6. The highest BCUT2D eigenvalue weighted by molar-refractivity contribution is 5.92. The van der Waals surface area contributed by atoms with Crippen molar-refractivity contribution in [1.82, 2.24) is 15.5 Å². The van der Waals surface area contributed by atoms with Crippen LogP contribution in [-0.2, 0) is 19.1 Å². The molecule has 5 N–H and O–H groups in total. The molecule has 0 aromatic heterocycles. The highest BCUT2D eigenvalue weighted by Gasteiger charge is 2.37. The van der Waals surface area contributed by atoms with Crippen molar-refractivity contribution in [3.8, 4) is 12.3 Å². The van der Waals surface area contributed by atoms with Gasteiger partial charge in [-0.15, -0.1) is 6.42 Å². The molecule has 2 unspecified atom stereocenters. The van der Waals surface area contributed by atoms with E-state index < -0.39 is 48.1 Å². The lowest BCUT2D eigenvalue weighted by Gasteiger charge is -2.35. The summed E-state index contributed by atoms with van der Waals surface area (Å²) >= 11 is 0. The first-order valence-electron chi connectivity index (χ1n) is 13.0. The molecule has 2 rings (SSSR count). The average Bonchev–Trinajstić information content (AvgIpc) is 2.85.